The van der Waals surface area contributed by atoms with Crippen molar-refractivity contribution < 1.29 is 14.2 Å². The van der Waals surface area contributed by atoms with Crippen LogP contribution < -0.4 is 10.1 Å². The molecule has 0 bridgehead atoms. The van der Waals surface area contributed by atoms with Gasteiger partial charge in [0.2, 0.25) is 5.82 Å². The zero-order valence-corrected chi connectivity index (χ0v) is 16.3. The number of amides is 1. The van der Waals surface area contributed by atoms with E-state index < -0.39 is 0 Å². The van der Waals surface area contributed by atoms with Crippen molar-refractivity contribution in [2.75, 3.05) is 11.9 Å². The molecule has 0 saturated carbocycles. The van der Waals surface area contributed by atoms with Crippen molar-refractivity contribution in [2.45, 2.75) is 32.6 Å². The fraction of sp³-hybridized carbons (Fsp3) is 0.286. The van der Waals surface area contributed by atoms with Gasteiger partial charge in [-0.1, -0.05) is 23.7 Å². The Bertz CT molecular complexity index is 1020. The number of aromatic nitrogens is 2. The highest BCUT2D eigenvalue weighted by Crippen LogP contribution is 2.29. The lowest BCUT2D eigenvalue weighted by Gasteiger charge is -2.16. The van der Waals surface area contributed by atoms with Crippen LogP contribution in [0.4, 0.5) is 5.82 Å². The summed E-state index contributed by atoms with van der Waals surface area (Å²) in [6.07, 6.45) is 4.59. The van der Waals surface area contributed by atoms with E-state index in [1.165, 1.54) is 24.0 Å². The Labute approximate surface area is 167 Å². The molecular weight excluding hydrogens is 378 g/mol. The molecule has 4 rings (SSSR count). The summed E-state index contributed by atoms with van der Waals surface area (Å²) in [5.41, 5.74) is 4.99. The first-order valence-electron chi connectivity index (χ1n) is 9.23. The number of anilines is 1. The Balaban J connectivity index is 1.44. The average molecular weight is 398 g/mol. The van der Waals surface area contributed by atoms with Crippen molar-refractivity contribution in [3.05, 3.63) is 58.1 Å². The summed E-state index contributed by atoms with van der Waals surface area (Å²) in [7, 11) is 0. The van der Waals surface area contributed by atoms with Gasteiger partial charge in [0, 0.05) is 10.6 Å². The number of carbonyl (C=O) groups is 1. The highest BCUT2D eigenvalue weighted by Gasteiger charge is 2.18. The lowest BCUT2D eigenvalue weighted by atomic mass is 9.90. The lowest BCUT2D eigenvalue weighted by Crippen LogP contribution is -2.20. The van der Waals surface area contributed by atoms with Gasteiger partial charge >= 0.3 is 0 Å². The van der Waals surface area contributed by atoms with E-state index in [0.29, 0.717) is 16.5 Å². The van der Waals surface area contributed by atoms with Crippen LogP contribution in [0.15, 0.2) is 41.0 Å². The van der Waals surface area contributed by atoms with Crippen LogP contribution in [0, 0.1) is 6.92 Å². The summed E-state index contributed by atoms with van der Waals surface area (Å²) in [4.78, 5) is 12.3. The Morgan fingerprint density at radius 3 is 2.79 bits per heavy atom. The molecule has 6 nitrogen and oxygen atoms in total. The van der Waals surface area contributed by atoms with Gasteiger partial charge in [0.25, 0.3) is 5.91 Å². The van der Waals surface area contributed by atoms with E-state index in [-0.39, 0.29) is 18.3 Å². The second-order valence-corrected chi connectivity index (χ2v) is 7.31. The molecule has 0 aliphatic heterocycles. The van der Waals surface area contributed by atoms with Crippen molar-refractivity contribution in [2.24, 2.45) is 0 Å². The highest BCUT2D eigenvalue weighted by atomic mass is 35.5. The molecule has 7 heteroatoms. The van der Waals surface area contributed by atoms with Crippen LogP contribution in [0.1, 0.15) is 29.5 Å². The minimum absolute atomic E-state index is 0.155. The van der Waals surface area contributed by atoms with Gasteiger partial charge in [0.1, 0.15) is 5.75 Å². The van der Waals surface area contributed by atoms with Crippen LogP contribution in [-0.2, 0) is 17.6 Å². The quantitative estimate of drug-likeness (QED) is 0.681. The molecule has 0 saturated heterocycles. The molecule has 1 N–H and O–H groups in total. The molecular formula is C21H20ClN3O3. The number of nitrogens with zero attached hydrogens (tertiary/aromatic N) is 2. The summed E-state index contributed by atoms with van der Waals surface area (Å²) in [5, 5.41) is 11.2. The first kappa shape index (κ1) is 18.5. The summed E-state index contributed by atoms with van der Waals surface area (Å²) < 4.78 is 10.4. The van der Waals surface area contributed by atoms with Crippen molar-refractivity contribution in [3.63, 3.8) is 0 Å². The monoisotopic (exact) mass is 397 g/mol. The Morgan fingerprint density at radius 1 is 1.14 bits per heavy atom. The molecule has 0 atom stereocenters. The predicted octanol–water partition coefficient (Wildman–Crippen LogP) is 4.59. The third-order valence-corrected chi connectivity index (χ3v) is 5.29. The molecule has 2 aromatic carbocycles. The van der Waals surface area contributed by atoms with Gasteiger partial charge in [-0.25, -0.2) is 4.63 Å². The van der Waals surface area contributed by atoms with Crippen molar-refractivity contribution >= 4 is 23.3 Å². The maximum Gasteiger partial charge on any atom is 0.263 e. The van der Waals surface area contributed by atoms with Gasteiger partial charge in [-0.3, -0.25) is 4.79 Å². The van der Waals surface area contributed by atoms with Gasteiger partial charge in [-0.15, -0.1) is 0 Å². The summed E-state index contributed by atoms with van der Waals surface area (Å²) >= 11 is 6.00. The molecule has 0 fully saturated rings. The zero-order valence-electron chi connectivity index (χ0n) is 15.5. The molecule has 1 aromatic heterocycles. The average Bonchev–Trinajstić information content (AvgIpc) is 3.16. The molecule has 1 aliphatic rings. The number of rotatable bonds is 5. The zero-order chi connectivity index (χ0) is 19.5. The maximum absolute atomic E-state index is 12.3. The second kappa shape index (κ2) is 8.02. The molecule has 0 unspecified atom stereocenters. The number of benzene rings is 2. The summed E-state index contributed by atoms with van der Waals surface area (Å²) in [6.45, 7) is 1.72. The topological polar surface area (TPSA) is 77.2 Å². The van der Waals surface area contributed by atoms with E-state index in [1.54, 1.807) is 18.2 Å². The molecule has 1 amide bonds. The van der Waals surface area contributed by atoms with E-state index in [9.17, 15) is 4.79 Å². The van der Waals surface area contributed by atoms with Crippen LogP contribution in [0.25, 0.3) is 11.3 Å². The van der Waals surface area contributed by atoms with E-state index in [0.717, 1.165) is 24.0 Å². The Morgan fingerprint density at radius 2 is 1.96 bits per heavy atom. The van der Waals surface area contributed by atoms with Gasteiger partial charge < -0.3 is 10.1 Å². The predicted molar refractivity (Wildman–Crippen MR) is 107 cm³/mol. The minimum Gasteiger partial charge on any atom is -0.484 e. The number of aryl methyl sites for hydroxylation is 3. The van der Waals surface area contributed by atoms with Crippen LogP contribution in [0.3, 0.4) is 0 Å². The largest absolute Gasteiger partial charge is 0.484 e. The lowest BCUT2D eigenvalue weighted by molar-refractivity contribution is -0.118. The molecule has 3 aromatic rings. The van der Waals surface area contributed by atoms with Gasteiger partial charge in [-0.2, -0.15) is 0 Å². The third kappa shape index (κ3) is 4.02. The standard InChI is InChI=1S/C21H20ClN3O3/c1-13-10-17(8-9-18(13)22)27-12-19(26)23-21-20(24-28-25-21)16-7-6-14-4-2-3-5-15(14)11-16/h6-11H,2-5,12H2,1H3,(H,23,25,26). The fourth-order valence-electron chi connectivity index (χ4n) is 3.36. The van der Waals surface area contributed by atoms with E-state index in [4.69, 9.17) is 21.0 Å². The van der Waals surface area contributed by atoms with Crippen molar-refractivity contribution in [1.29, 1.82) is 0 Å². The number of halogens is 1. The fourth-order valence-corrected chi connectivity index (χ4v) is 3.48. The summed E-state index contributed by atoms with van der Waals surface area (Å²) in [6, 6.07) is 11.5. The van der Waals surface area contributed by atoms with Gasteiger partial charge in [-0.05, 0) is 83.9 Å². The number of ether oxygens (including phenoxy) is 1. The molecule has 28 heavy (non-hydrogen) atoms. The van der Waals surface area contributed by atoms with Crippen LogP contribution in [-0.4, -0.2) is 22.8 Å². The van der Waals surface area contributed by atoms with Gasteiger partial charge in [0.15, 0.2) is 12.3 Å². The number of fused-ring (bicyclic) bond motifs is 1. The van der Waals surface area contributed by atoms with E-state index in [2.05, 4.69) is 27.8 Å². The molecule has 1 heterocycles. The molecule has 0 spiro atoms. The van der Waals surface area contributed by atoms with Crippen molar-refractivity contribution in [3.8, 4) is 17.0 Å². The maximum atomic E-state index is 12.3. The number of hydrogen-bond acceptors (Lipinski definition) is 5. The van der Waals surface area contributed by atoms with Crippen LogP contribution in [0.5, 0.6) is 5.75 Å². The number of nitrogens with one attached hydrogen (secondary N) is 1. The highest BCUT2D eigenvalue weighted by molar-refractivity contribution is 6.31. The Hall–Kier alpha value is -2.86. The Kier molecular flexibility index (Phi) is 5.30. The van der Waals surface area contributed by atoms with Crippen LogP contribution >= 0.6 is 11.6 Å². The first-order chi connectivity index (χ1) is 13.6. The summed E-state index contributed by atoms with van der Waals surface area (Å²) in [5.74, 6) is 0.518. The molecule has 0 radical (unpaired) electrons. The minimum atomic E-state index is -0.345. The molecule has 1 aliphatic carbocycles. The van der Waals surface area contributed by atoms with Gasteiger partial charge in [0.05, 0.1) is 0 Å². The second-order valence-electron chi connectivity index (χ2n) is 6.90. The molecule has 144 valence electrons. The number of carbonyl (C=O) groups excluding carboxylic acids is 1. The first-order valence-corrected chi connectivity index (χ1v) is 9.61. The van der Waals surface area contributed by atoms with Crippen molar-refractivity contribution in [1.82, 2.24) is 10.3 Å². The SMILES string of the molecule is Cc1cc(OCC(=O)Nc2nonc2-c2ccc3c(c2)CCCC3)ccc1Cl. The van der Waals surface area contributed by atoms with E-state index in [1.807, 2.05) is 13.0 Å². The third-order valence-electron chi connectivity index (χ3n) is 4.87. The van der Waals surface area contributed by atoms with E-state index >= 15 is 0 Å². The normalized spacial score (nSPS) is 13.1. The number of hydrogen-bond donors (Lipinski definition) is 1. The van der Waals surface area contributed by atoms with Crippen LogP contribution in [0.2, 0.25) is 5.02 Å². The smallest absolute Gasteiger partial charge is 0.263 e.